The van der Waals surface area contributed by atoms with Crippen molar-refractivity contribution < 1.29 is 0 Å². The van der Waals surface area contributed by atoms with E-state index in [1.807, 2.05) is 31.0 Å². The van der Waals surface area contributed by atoms with Gasteiger partial charge in [0.1, 0.15) is 11.6 Å². The van der Waals surface area contributed by atoms with Gasteiger partial charge >= 0.3 is 0 Å². The van der Waals surface area contributed by atoms with Gasteiger partial charge in [-0.15, -0.1) is 0 Å². The quantitative estimate of drug-likeness (QED) is 0.780. The maximum atomic E-state index is 4.69. The van der Waals surface area contributed by atoms with E-state index in [4.69, 9.17) is 0 Å². The Morgan fingerprint density at radius 3 is 3.05 bits per heavy atom. The van der Waals surface area contributed by atoms with Crippen LogP contribution in [-0.2, 0) is 7.05 Å². The molecule has 1 aliphatic rings. The maximum Gasteiger partial charge on any atom is 0.163 e. The van der Waals surface area contributed by atoms with Crippen LogP contribution in [0.3, 0.4) is 0 Å². The second kappa shape index (κ2) is 5.08. The zero-order valence-electron chi connectivity index (χ0n) is 12.8. The van der Waals surface area contributed by atoms with Gasteiger partial charge in [-0.25, -0.2) is 9.97 Å². The van der Waals surface area contributed by atoms with Crippen LogP contribution in [0, 0.1) is 6.92 Å². The topological polar surface area (TPSA) is 75.5 Å². The highest BCUT2D eigenvalue weighted by atomic mass is 15.3. The molecule has 7 nitrogen and oxygen atoms in total. The Balaban J connectivity index is 1.72. The molecule has 3 aromatic heterocycles. The third-order valence-electron chi connectivity index (χ3n) is 4.37. The van der Waals surface area contributed by atoms with E-state index in [1.165, 1.54) is 12.1 Å². The lowest BCUT2D eigenvalue weighted by Gasteiger charge is -2.33. The van der Waals surface area contributed by atoms with Crippen molar-refractivity contribution in [3.05, 3.63) is 30.0 Å². The van der Waals surface area contributed by atoms with Crippen LogP contribution in [0.4, 0.5) is 5.82 Å². The molecule has 0 bridgehead atoms. The SMILES string of the molecule is Cc1nc(N2CCCC(c3ccn[nH]3)C2)c2cnn(C)c2n1. The Morgan fingerprint density at radius 2 is 2.23 bits per heavy atom. The number of nitrogens with one attached hydrogen (secondary N) is 1. The summed E-state index contributed by atoms with van der Waals surface area (Å²) in [6, 6.07) is 2.07. The minimum Gasteiger partial charge on any atom is -0.355 e. The molecule has 1 saturated heterocycles. The third-order valence-corrected chi connectivity index (χ3v) is 4.37. The van der Waals surface area contributed by atoms with Crippen molar-refractivity contribution in [2.24, 2.45) is 7.05 Å². The Hall–Kier alpha value is -2.44. The number of fused-ring (bicyclic) bond motifs is 1. The normalized spacial score (nSPS) is 19.0. The smallest absolute Gasteiger partial charge is 0.163 e. The molecule has 22 heavy (non-hydrogen) atoms. The molecule has 0 aliphatic carbocycles. The van der Waals surface area contributed by atoms with Gasteiger partial charge in [0.25, 0.3) is 0 Å². The van der Waals surface area contributed by atoms with E-state index in [0.717, 1.165) is 42.2 Å². The first-order valence-corrected chi connectivity index (χ1v) is 7.63. The van der Waals surface area contributed by atoms with Crippen LogP contribution in [0.25, 0.3) is 11.0 Å². The van der Waals surface area contributed by atoms with E-state index in [9.17, 15) is 0 Å². The van der Waals surface area contributed by atoms with E-state index in [-0.39, 0.29) is 0 Å². The van der Waals surface area contributed by atoms with Crippen LogP contribution < -0.4 is 4.90 Å². The first-order chi connectivity index (χ1) is 10.7. The summed E-state index contributed by atoms with van der Waals surface area (Å²) >= 11 is 0. The molecule has 114 valence electrons. The Kier molecular flexibility index (Phi) is 3.06. The number of aryl methyl sites for hydroxylation is 2. The van der Waals surface area contributed by atoms with Crippen LogP contribution in [-0.4, -0.2) is 43.0 Å². The molecular weight excluding hydrogens is 278 g/mol. The minimum absolute atomic E-state index is 0.471. The number of aromatic amines is 1. The number of rotatable bonds is 2. The molecule has 4 rings (SSSR count). The van der Waals surface area contributed by atoms with Gasteiger partial charge in [0.15, 0.2) is 5.65 Å². The van der Waals surface area contributed by atoms with Crippen molar-refractivity contribution in [2.45, 2.75) is 25.7 Å². The number of hydrogen-bond donors (Lipinski definition) is 1. The number of anilines is 1. The molecule has 0 saturated carbocycles. The van der Waals surface area contributed by atoms with Crippen molar-refractivity contribution >= 4 is 16.9 Å². The largest absolute Gasteiger partial charge is 0.355 e. The number of hydrogen-bond acceptors (Lipinski definition) is 5. The van der Waals surface area contributed by atoms with Crippen molar-refractivity contribution in [3.8, 4) is 0 Å². The fraction of sp³-hybridized carbons (Fsp3) is 0.467. The van der Waals surface area contributed by atoms with E-state index >= 15 is 0 Å². The summed E-state index contributed by atoms with van der Waals surface area (Å²) in [5.41, 5.74) is 2.10. The molecule has 7 heteroatoms. The predicted octanol–water partition coefficient (Wildman–Crippen LogP) is 1.78. The second-order valence-corrected chi connectivity index (χ2v) is 5.90. The van der Waals surface area contributed by atoms with Crippen molar-refractivity contribution in [1.29, 1.82) is 0 Å². The Bertz CT molecular complexity index is 790. The lowest BCUT2D eigenvalue weighted by atomic mass is 9.95. The molecule has 3 aromatic rings. The molecule has 1 atom stereocenters. The van der Waals surface area contributed by atoms with Gasteiger partial charge in [0.05, 0.1) is 11.6 Å². The molecule has 1 aliphatic heterocycles. The minimum atomic E-state index is 0.471. The molecule has 0 spiro atoms. The predicted molar refractivity (Wildman–Crippen MR) is 83.8 cm³/mol. The zero-order chi connectivity index (χ0) is 15.1. The number of nitrogens with zero attached hydrogens (tertiary/aromatic N) is 6. The highest BCUT2D eigenvalue weighted by molar-refractivity contribution is 5.87. The van der Waals surface area contributed by atoms with Gasteiger partial charge in [0.2, 0.25) is 0 Å². The molecule has 1 fully saturated rings. The summed E-state index contributed by atoms with van der Waals surface area (Å²) < 4.78 is 1.81. The zero-order valence-corrected chi connectivity index (χ0v) is 12.8. The fourth-order valence-corrected chi connectivity index (χ4v) is 3.27. The molecule has 0 amide bonds. The molecule has 4 heterocycles. The van der Waals surface area contributed by atoms with Crippen molar-refractivity contribution in [2.75, 3.05) is 18.0 Å². The number of piperidine rings is 1. The summed E-state index contributed by atoms with van der Waals surface area (Å²) in [5, 5.41) is 12.5. The second-order valence-electron chi connectivity index (χ2n) is 5.90. The van der Waals surface area contributed by atoms with Crippen LogP contribution >= 0.6 is 0 Å². The number of H-pyrrole nitrogens is 1. The van der Waals surface area contributed by atoms with Gasteiger partial charge in [-0.1, -0.05) is 0 Å². The van der Waals surface area contributed by atoms with Crippen molar-refractivity contribution in [3.63, 3.8) is 0 Å². The fourth-order valence-electron chi connectivity index (χ4n) is 3.27. The van der Waals surface area contributed by atoms with Gasteiger partial charge in [-0.2, -0.15) is 10.2 Å². The van der Waals surface area contributed by atoms with Gasteiger partial charge in [0, 0.05) is 37.9 Å². The molecular formula is C15H19N7. The standard InChI is InChI=1S/C15H19N7/c1-10-18-14-12(8-17-21(14)2)15(19-10)22-7-3-4-11(9-22)13-5-6-16-20-13/h5-6,8,11H,3-4,7,9H2,1-2H3,(H,16,20). The lowest BCUT2D eigenvalue weighted by Crippen LogP contribution is -2.35. The van der Waals surface area contributed by atoms with Gasteiger partial charge in [-0.3, -0.25) is 9.78 Å². The average Bonchev–Trinajstić information content (AvgIpc) is 3.18. The number of aromatic nitrogens is 6. The highest BCUT2D eigenvalue weighted by Crippen LogP contribution is 2.31. The molecule has 1 unspecified atom stereocenters. The van der Waals surface area contributed by atoms with Gasteiger partial charge in [-0.05, 0) is 25.8 Å². The summed E-state index contributed by atoms with van der Waals surface area (Å²) in [5.74, 6) is 2.26. The summed E-state index contributed by atoms with van der Waals surface area (Å²) in [6.45, 7) is 3.90. The molecule has 1 N–H and O–H groups in total. The monoisotopic (exact) mass is 297 g/mol. The Labute approximate surface area is 128 Å². The average molecular weight is 297 g/mol. The maximum absolute atomic E-state index is 4.69. The van der Waals surface area contributed by atoms with E-state index in [1.54, 1.807) is 0 Å². The van der Waals surface area contributed by atoms with Gasteiger partial charge < -0.3 is 4.90 Å². The van der Waals surface area contributed by atoms with Crippen LogP contribution in [0.1, 0.15) is 30.3 Å². The first-order valence-electron chi connectivity index (χ1n) is 7.63. The first kappa shape index (κ1) is 13.2. The van der Waals surface area contributed by atoms with Crippen LogP contribution in [0.15, 0.2) is 18.5 Å². The van der Waals surface area contributed by atoms with E-state index < -0.39 is 0 Å². The van der Waals surface area contributed by atoms with E-state index in [0.29, 0.717) is 5.92 Å². The summed E-state index contributed by atoms with van der Waals surface area (Å²) in [4.78, 5) is 11.6. The highest BCUT2D eigenvalue weighted by Gasteiger charge is 2.25. The summed E-state index contributed by atoms with van der Waals surface area (Å²) in [6.07, 6.45) is 6.01. The molecule has 0 aromatic carbocycles. The third kappa shape index (κ3) is 2.13. The van der Waals surface area contributed by atoms with Crippen LogP contribution in [0.5, 0.6) is 0 Å². The van der Waals surface area contributed by atoms with E-state index in [2.05, 4.69) is 36.2 Å². The lowest BCUT2D eigenvalue weighted by molar-refractivity contribution is 0.498. The van der Waals surface area contributed by atoms with Crippen molar-refractivity contribution in [1.82, 2.24) is 29.9 Å². The molecule has 0 radical (unpaired) electrons. The van der Waals surface area contributed by atoms with Crippen LogP contribution in [0.2, 0.25) is 0 Å². The summed E-state index contributed by atoms with van der Waals surface area (Å²) in [7, 11) is 1.92. The Morgan fingerprint density at radius 1 is 1.32 bits per heavy atom.